The van der Waals surface area contributed by atoms with Gasteiger partial charge in [0.25, 0.3) is 0 Å². The monoisotopic (exact) mass is 834 g/mol. The number of hydrogen-bond donors (Lipinski definition) is 2. The number of carbonyl (C=O) groups is 5. The van der Waals surface area contributed by atoms with E-state index in [0.717, 1.165) is 11.1 Å². The first-order valence-corrected chi connectivity index (χ1v) is 21.0. The van der Waals surface area contributed by atoms with E-state index in [4.69, 9.17) is 23.7 Å². The normalized spacial score (nSPS) is 35.7. The van der Waals surface area contributed by atoms with Crippen molar-refractivity contribution in [1.29, 1.82) is 0 Å². The lowest BCUT2D eigenvalue weighted by Gasteiger charge is -2.47. The number of amides is 1. The smallest absolute Gasteiger partial charge is 0.408 e. The number of nitrogens with one attached hydrogen (secondary N) is 1. The highest BCUT2D eigenvalue weighted by atomic mass is 16.7. The van der Waals surface area contributed by atoms with E-state index in [1.165, 1.54) is 6.92 Å². The molecule has 3 saturated heterocycles. The van der Waals surface area contributed by atoms with Gasteiger partial charge in [-0.2, -0.15) is 0 Å². The average molecular weight is 835 g/mol. The minimum Gasteiger partial charge on any atom is -0.458 e. The number of carbonyl (C=O) groups excluding carboxylic acids is 5. The van der Waals surface area contributed by atoms with Gasteiger partial charge in [0.15, 0.2) is 17.9 Å². The first-order chi connectivity index (χ1) is 28.3. The Balaban J connectivity index is 1.50. The fourth-order valence-corrected chi connectivity index (χ4v) is 9.21. The van der Waals surface area contributed by atoms with E-state index in [1.54, 1.807) is 66.1 Å². The topological polar surface area (TPSA) is 193 Å². The van der Waals surface area contributed by atoms with Crippen LogP contribution in [0.1, 0.15) is 86.6 Å². The number of aliphatic hydroxyl groups excluding tert-OH is 1. The number of ether oxygens (including phenoxy) is 5. The molecule has 1 aromatic heterocycles. The molecule has 0 bridgehead atoms. The van der Waals surface area contributed by atoms with Crippen molar-refractivity contribution in [2.75, 3.05) is 20.6 Å². The van der Waals surface area contributed by atoms with Crippen molar-refractivity contribution in [2.45, 2.75) is 129 Å². The minimum atomic E-state index is -1.73. The van der Waals surface area contributed by atoms with E-state index in [-0.39, 0.29) is 43.7 Å². The van der Waals surface area contributed by atoms with Gasteiger partial charge in [-0.15, -0.1) is 0 Å². The van der Waals surface area contributed by atoms with E-state index >= 15 is 0 Å². The van der Waals surface area contributed by atoms with Gasteiger partial charge in [0.1, 0.15) is 41.2 Å². The summed E-state index contributed by atoms with van der Waals surface area (Å²) in [6.45, 7) is 13.3. The lowest BCUT2D eigenvalue weighted by molar-refractivity contribution is -0.292. The molecule has 2 aromatic rings. The number of likely N-dealkylation sites (N-methyl/N-ethyl adjacent to an activating group) is 1. The maximum atomic E-state index is 14.5. The van der Waals surface area contributed by atoms with Crippen LogP contribution in [0.4, 0.5) is 4.79 Å². The van der Waals surface area contributed by atoms with Crippen molar-refractivity contribution in [3.05, 3.63) is 54.4 Å². The number of hydrogen-bond acceptors (Lipinski definition) is 14. The number of benzene rings is 1. The van der Waals surface area contributed by atoms with Crippen molar-refractivity contribution >= 4 is 35.7 Å². The van der Waals surface area contributed by atoms with Crippen molar-refractivity contribution < 1.29 is 52.8 Å². The predicted octanol–water partition coefficient (Wildman–Crippen LogP) is 5.18. The van der Waals surface area contributed by atoms with E-state index in [0.29, 0.717) is 12.2 Å². The number of fused-ring (bicyclic) bond motifs is 1. The highest BCUT2D eigenvalue weighted by Crippen LogP contribution is 2.45. The van der Waals surface area contributed by atoms with Crippen LogP contribution in [0.25, 0.3) is 17.5 Å². The summed E-state index contributed by atoms with van der Waals surface area (Å²) < 4.78 is 30.9. The molecule has 3 aliphatic heterocycles. The van der Waals surface area contributed by atoms with Crippen LogP contribution in [0.15, 0.2) is 48.8 Å². The predicted molar refractivity (Wildman–Crippen MR) is 221 cm³/mol. The van der Waals surface area contributed by atoms with Crippen molar-refractivity contribution in [3.8, 4) is 11.4 Å². The van der Waals surface area contributed by atoms with Gasteiger partial charge in [-0.05, 0) is 78.7 Å². The third-order valence-corrected chi connectivity index (χ3v) is 12.5. The Morgan fingerprint density at radius 3 is 2.38 bits per heavy atom. The van der Waals surface area contributed by atoms with Gasteiger partial charge >= 0.3 is 18.0 Å². The van der Waals surface area contributed by atoms with E-state index in [9.17, 15) is 29.1 Å². The van der Waals surface area contributed by atoms with Gasteiger partial charge in [0, 0.05) is 54.2 Å². The molecule has 5 rings (SSSR count). The Hall–Kier alpha value is -4.57. The molecular formula is C45H62N4O11. The molecule has 2 N–H and O–H groups in total. The highest BCUT2D eigenvalue weighted by molar-refractivity contribution is 6.00. The molecule has 3 unspecified atom stereocenters. The summed E-state index contributed by atoms with van der Waals surface area (Å²) in [5.41, 5.74) is -1.40. The second kappa shape index (κ2) is 19.4. The van der Waals surface area contributed by atoms with Crippen LogP contribution >= 0.6 is 0 Å². The number of nitrogens with zero attached hydrogens (tertiary/aromatic N) is 3. The number of esters is 2. The van der Waals surface area contributed by atoms with E-state index in [2.05, 4.69) is 15.3 Å². The van der Waals surface area contributed by atoms with Crippen LogP contribution in [0, 0.1) is 29.6 Å². The van der Waals surface area contributed by atoms with Crippen LogP contribution in [-0.4, -0.2) is 118 Å². The fraction of sp³-hybridized carbons (Fsp3) is 0.622. The first-order valence-electron chi connectivity index (χ1n) is 21.0. The van der Waals surface area contributed by atoms with Crippen molar-refractivity contribution in [1.82, 2.24) is 20.2 Å². The highest BCUT2D eigenvalue weighted by Gasteiger charge is 2.57. The molecule has 1 amide bonds. The zero-order valence-electron chi connectivity index (χ0n) is 36.5. The summed E-state index contributed by atoms with van der Waals surface area (Å²) >= 11 is 0. The zero-order valence-corrected chi connectivity index (χ0v) is 36.5. The Kier molecular flexibility index (Phi) is 15.1. The quantitative estimate of drug-likeness (QED) is 0.191. The molecule has 0 saturated carbocycles. The molecule has 15 heteroatoms. The van der Waals surface area contributed by atoms with E-state index in [1.807, 2.05) is 56.3 Å². The zero-order chi connectivity index (χ0) is 44.1. The number of aromatic nitrogens is 2. The van der Waals surface area contributed by atoms with Gasteiger partial charge < -0.3 is 39.0 Å². The lowest BCUT2D eigenvalue weighted by atomic mass is 9.70. The van der Waals surface area contributed by atoms with E-state index < -0.39 is 89.2 Å². The molecule has 0 radical (unpaired) electrons. The summed E-state index contributed by atoms with van der Waals surface area (Å²) in [7, 11) is 3.66. The third-order valence-electron chi connectivity index (χ3n) is 12.5. The SMILES string of the molecule is CC[C@H]1OC(=O)[C@H](C)C(=O)[C@H](C)[C@@H](OC2O[C@H](C)C[C@H](N(C)C)[C@H]2O)[C@](C)(OC(=O)NC/C=C/c2cccc(-c3ncccn3)c2)C[C@@H](C)C(=O)C(C)C2CC(=O)O[C@@]21C. The van der Waals surface area contributed by atoms with Gasteiger partial charge in [0.05, 0.1) is 12.5 Å². The van der Waals surface area contributed by atoms with Crippen LogP contribution in [0.5, 0.6) is 0 Å². The summed E-state index contributed by atoms with van der Waals surface area (Å²) in [5, 5.41) is 14.3. The summed E-state index contributed by atoms with van der Waals surface area (Å²) in [5.74, 6) is -6.30. The van der Waals surface area contributed by atoms with Crippen LogP contribution < -0.4 is 5.32 Å². The van der Waals surface area contributed by atoms with Crippen LogP contribution in [0.2, 0.25) is 0 Å². The number of aliphatic hydroxyl groups is 1. The first kappa shape index (κ1) is 46.5. The minimum absolute atomic E-state index is 0.0503. The Morgan fingerprint density at radius 2 is 1.72 bits per heavy atom. The molecule has 1 aromatic carbocycles. The molecule has 328 valence electrons. The molecule has 13 atom stereocenters. The Labute approximate surface area is 352 Å². The van der Waals surface area contributed by atoms with Gasteiger partial charge in [0.2, 0.25) is 0 Å². The molecule has 4 heterocycles. The number of alkyl carbamates (subject to hydrolysis) is 1. The molecular weight excluding hydrogens is 773 g/mol. The fourth-order valence-electron chi connectivity index (χ4n) is 9.21. The van der Waals surface area contributed by atoms with Crippen molar-refractivity contribution in [3.63, 3.8) is 0 Å². The molecule has 0 spiro atoms. The maximum absolute atomic E-state index is 14.5. The number of rotatable bonds is 9. The van der Waals surface area contributed by atoms with Gasteiger partial charge in [-0.3, -0.25) is 19.2 Å². The third kappa shape index (κ3) is 10.3. The molecule has 3 fully saturated rings. The molecule has 3 aliphatic rings. The second-order valence-corrected chi connectivity index (χ2v) is 17.3. The maximum Gasteiger partial charge on any atom is 0.408 e. The van der Waals surface area contributed by atoms with Crippen LogP contribution in [-0.2, 0) is 42.9 Å². The van der Waals surface area contributed by atoms with Gasteiger partial charge in [-0.1, -0.05) is 58.0 Å². The molecule has 15 nitrogen and oxygen atoms in total. The number of ketones is 2. The molecule has 0 aliphatic carbocycles. The number of cyclic esters (lactones) is 1. The second-order valence-electron chi connectivity index (χ2n) is 17.3. The average Bonchev–Trinajstić information content (AvgIpc) is 3.53. The summed E-state index contributed by atoms with van der Waals surface area (Å²) in [6, 6.07) is 8.95. The van der Waals surface area contributed by atoms with Gasteiger partial charge in [-0.25, -0.2) is 14.8 Å². The largest absolute Gasteiger partial charge is 0.458 e. The Bertz CT molecular complexity index is 1890. The lowest BCUT2D eigenvalue weighted by Crippen LogP contribution is -2.60. The number of Topliss-reactive ketones (excluding diaryl/α,β-unsaturated/α-hetero) is 2. The van der Waals surface area contributed by atoms with Crippen molar-refractivity contribution in [2.24, 2.45) is 29.6 Å². The Morgan fingerprint density at radius 1 is 1.02 bits per heavy atom. The standard InChI is InChI=1S/C45H62N4O11/c1-11-34-45(8)32(23-35(50)59-45)27(4)36(51)25(2)24-44(7,60-43(55)48-18-13-16-30-15-12-17-31(22-30)40-46-19-14-20-47-40)39(28(5)37(52)29(6)41(54)57-34)58-42-38(53)33(49(9)10)21-26(3)56-42/h12-17,19-20,22,25-29,32-34,38-39,42,53H,11,18,21,23-24H2,1-10H3,(H,48,55)/b16-13+/t25-,26-,27?,28+,29-,32?,33+,34-,38-,39-,42?,44-,45+/m1/s1. The molecule has 60 heavy (non-hydrogen) atoms. The summed E-state index contributed by atoms with van der Waals surface area (Å²) in [6.07, 6.45) is 1.52. The summed E-state index contributed by atoms with van der Waals surface area (Å²) in [4.78, 5) is 80.0. The van der Waals surface area contributed by atoms with Crippen LogP contribution in [0.3, 0.4) is 0 Å².